The number of hydrogen-bond acceptors (Lipinski definition) is 5. The van der Waals surface area contributed by atoms with Crippen molar-refractivity contribution in [3.8, 4) is 0 Å². The van der Waals surface area contributed by atoms with Gasteiger partial charge in [0.05, 0.1) is 12.6 Å². The highest BCUT2D eigenvalue weighted by molar-refractivity contribution is 8.01. The smallest absolute Gasteiger partial charge is 0.256 e. The Bertz CT molecular complexity index is 888. The molecular weight excluding hydrogens is 426 g/mol. The van der Waals surface area contributed by atoms with E-state index in [0.29, 0.717) is 5.56 Å². The van der Waals surface area contributed by atoms with Crippen molar-refractivity contribution in [1.29, 1.82) is 0 Å². The van der Waals surface area contributed by atoms with Crippen LogP contribution in [0, 0.1) is 11.8 Å². The predicted octanol–water partition coefficient (Wildman–Crippen LogP) is 2.70. The maximum Gasteiger partial charge on any atom is 0.256 e. The molecule has 0 radical (unpaired) electrons. The third kappa shape index (κ3) is 4.39. The topological polar surface area (TPSA) is 98.7 Å². The number of amides is 3. The second-order valence-corrected chi connectivity index (χ2v) is 11.4. The molecule has 2 aliphatic heterocycles. The van der Waals surface area contributed by atoms with Gasteiger partial charge in [-0.1, -0.05) is 52.3 Å². The van der Waals surface area contributed by atoms with Crippen LogP contribution in [0.3, 0.4) is 0 Å². The molecule has 1 aromatic rings. The minimum Gasteiger partial charge on any atom is -0.394 e. The molecule has 0 aromatic heterocycles. The molecule has 2 aliphatic rings. The average Bonchev–Trinajstić information content (AvgIpc) is 3.18. The van der Waals surface area contributed by atoms with E-state index in [-0.39, 0.29) is 47.6 Å². The highest BCUT2D eigenvalue weighted by Crippen LogP contribution is 2.56. The van der Waals surface area contributed by atoms with E-state index in [9.17, 15) is 19.5 Å². The molecule has 1 aromatic carbocycles. The molecule has 176 valence electrons. The Hall–Kier alpha value is -2.06. The molecule has 2 heterocycles. The fourth-order valence-corrected chi connectivity index (χ4v) is 6.09. The zero-order chi connectivity index (χ0) is 23.8. The maximum absolute atomic E-state index is 13.5. The van der Waals surface area contributed by atoms with Crippen molar-refractivity contribution in [2.75, 3.05) is 6.61 Å². The van der Waals surface area contributed by atoms with Crippen LogP contribution in [0.5, 0.6) is 0 Å². The molecule has 0 unspecified atom stereocenters. The van der Waals surface area contributed by atoms with Crippen molar-refractivity contribution >= 4 is 29.5 Å². The molecule has 8 heteroatoms. The number of rotatable bonds is 8. The third-order valence-electron chi connectivity index (χ3n) is 6.65. The van der Waals surface area contributed by atoms with Gasteiger partial charge in [-0.15, -0.1) is 11.8 Å². The molecule has 1 fully saturated rings. The van der Waals surface area contributed by atoms with E-state index in [1.54, 1.807) is 22.7 Å². The van der Waals surface area contributed by atoms with Crippen LogP contribution in [0.2, 0.25) is 0 Å². The second kappa shape index (κ2) is 9.43. The first-order valence-corrected chi connectivity index (χ1v) is 12.2. The number of nitrogens with one attached hydrogen (secondary N) is 2. The maximum atomic E-state index is 13.5. The lowest BCUT2D eigenvalue weighted by molar-refractivity contribution is -0.133. The Morgan fingerprint density at radius 2 is 1.84 bits per heavy atom. The molecule has 0 bridgehead atoms. The molecule has 1 saturated heterocycles. The van der Waals surface area contributed by atoms with Crippen LogP contribution in [-0.4, -0.2) is 57.2 Å². The minimum atomic E-state index is -0.763. The van der Waals surface area contributed by atoms with Crippen molar-refractivity contribution < 1.29 is 19.5 Å². The Morgan fingerprint density at radius 3 is 2.44 bits per heavy atom. The van der Waals surface area contributed by atoms with Crippen molar-refractivity contribution in [1.82, 2.24) is 15.5 Å². The lowest BCUT2D eigenvalue weighted by Gasteiger charge is -2.32. The van der Waals surface area contributed by atoms with Crippen molar-refractivity contribution in [2.45, 2.75) is 76.2 Å². The van der Waals surface area contributed by atoms with Gasteiger partial charge in [0.15, 0.2) is 0 Å². The Balaban J connectivity index is 1.81. The van der Waals surface area contributed by atoms with Gasteiger partial charge in [-0.2, -0.15) is 0 Å². The zero-order valence-electron chi connectivity index (χ0n) is 19.7. The quantitative estimate of drug-likeness (QED) is 0.553. The summed E-state index contributed by atoms with van der Waals surface area (Å²) in [6.45, 7) is 11.5. The van der Waals surface area contributed by atoms with Crippen LogP contribution in [0.15, 0.2) is 24.3 Å². The van der Waals surface area contributed by atoms with E-state index in [4.69, 9.17) is 0 Å². The number of hydrogen-bond donors (Lipinski definition) is 3. The lowest BCUT2D eigenvalue weighted by atomic mass is 9.96. The van der Waals surface area contributed by atoms with Gasteiger partial charge in [0.25, 0.3) is 5.91 Å². The molecule has 5 atom stereocenters. The van der Waals surface area contributed by atoms with Crippen molar-refractivity contribution in [3.05, 3.63) is 35.4 Å². The van der Waals surface area contributed by atoms with Gasteiger partial charge in [0.1, 0.15) is 17.5 Å². The number of carbonyl (C=O) groups excluding carboxylic acids is 3. The third-order valence-corrected chi connectivity index (χ3v) is 8.18. The zero-order valence-corrected chi connectivity index (χ0v) is 20.5. The highest BCUT2D eigenvalue weighted by atomic mass is 32.2. The SMILES string of the molecule is CC[C@H](C)[C@H](CO)NC(=O)[C@H](NC(=O)[C@@H]1N2C(=O)c3ccccc3[C@@H]2SC1(C)C)C(C)C. The number of fused-ring (bicyclic) bond motifs is 3. The van der Waals surface area contributed by atoms with Gasteiger partial charge < -0.3 is 20.6 Å². The molecule has 32 heavy (non-hydrogen) atoms. The molecule has 0 saturated carbocycles. The summed E-state index contributed by atoms with van der Waals surface area (Å²) in [5, 5.41) is 15.3. The molecule has 0 spiro atoms. The number of nitrogens with zero attached hydrogens (tertiary/aromatic N) is 1. The van der Waals surface area contributed by atoms with Crippen molar-refractivity contribution in [2.24, 2.45) is 11.8 Å². The lowest BCUT2D eigenvalue weighted by Crippen LogP contribution is -2.59. The summed E-state index contributed by atoms with van der Waals surface area (Å²) in [5.74, 6) is -0.840. The molecule has 3 amide bonds. The van der Waals surface area contributed by atoms with Gasteiger partial charge in [0.2, 0.25) is 11.8 Å². The number of aliphatic hydroxyl groups is 1. The normalized spacial score (nSPS) is 24.0. The Morgan fingerprint density at radius 1 is 1.19 bits per heavy atom. The van der Waals surface area contributed by atoms with E-state index < -0.39 is 16.8 Å². The molecular formula is C24H35N3O4S. The first-order valence-electron chi connectivity index (χ1n) is 11.3. The summed E-state index contributed by atoms with van der Waals surface area (Å²) in [6, 6.07) is 5.64. The molecule has 3 N–H and O–H groups in total. The van der Waals surface area contributed by atoms with Gasteiger partial charge in [0, 0.05) is 10.3 Å². The largest absolute Gasteiger partial charge is 0.394 e. The van der Waals surface area contributed by atoms with E-state index in [2.05, 4.69) is 10.6 Å². The average molecular weight is 462 g/mol. The number of carbonyl (C=O) groups is 3. The first kappa shape index (κ1) is 24.6. The van der Waals surface area contributed by atoms with Crippen LogP contribution in [0.4, 0.5) is 0 Å². The highest BCUT2D eigenvalue weighted by Gasteiger charge is 2.57. The van der Waals surface area contributed by atoms with Crippen LogP contribution in [0.25, 0.3) is 0 Å². The van der Waals surface area contributed by atoms with Gasteiger partial charge in [-0.3, -0.25) is 14.4 Å². The number of benzene rings is 1. The Labute approximate surface area is 194 Å². The van der Waals surface area contributed by atoms with Gasteiger partial charge in [-0.05, 0) is 37.3 Å². The van der Waals surface area contributed by atoms with Crippen LogP contribution < -0.4 is 10.6 Å². The van der Waals surface area contributed by atoms with Crippen LogP contribution >= 0.6 is 11.8 Å². The predicted molar refractivity (Wildman–Crippen MR) is 126 cm³/mol. The van der Waals surface area contributed by atoms with Gasteiger partial charge in [-0.25, -0.2) is 0 Å². The number of aliphatic hydroxyl groups excluding tert-OH is 1. The van der Waals surface area contributed by atoms with Crippen LogP contribution in [-0.2, 0) is 9.59 Å². The first-order chi connectivity index (χ1) is 15.0. The van der Waals surface area contributed by atoms with E-state index in [1.165, 1.54) is 0 Å². The van der Waals surface area contributed by atoms with Crippen molar-refractivity contribution in [3.63, 3.8) is 0 Å². The van der Waals surface area contributed by atoms with Crippen LogP contribution in [0.1, 0.15) is 69.3 Å². The molecule has 3 rings (SSSR count). The standard InChI is InChI=1S/C24H35N3O4S/c1-7-14(4)17(12-28)25-20(29)18(13(2)3)26-21(30)19-24(5,6)32-23-16-11-9-8-10-15(16)22(31)27(19)23/h8-11,13-14,17-19,23,28H,7,12H2,1-6H3,(H,25,29)(H,26,30)/t14-,17-,18+,19-,23-/m0/s1. The summed E-state index contributed by atoms with van der Waals surface area (Å²) in [5.41, 5.74) is 1.57. The molecule has 7 nitrogen and oxygen atoms in total. The fourth-order valence-electron chi connectivity index (χ4n) is 4.50. The monoisotopic (exact) mass is 461 g/mol. The molecule has 0 aliphatic carbocycles. The summed E-state index contributed by atoms with van der Waals surface area (Å²) in [4.78, 5) is 41.4. The minimum absolute atomic E-state index is 0.110. The summed E-state index contributed by atoms with van der Waals surface area (Å²) in [7, 11) is 0. The fraction of sp³-hybridized carbons (Fsp3) is 0.625. The Kier molecular flexibility index (Phi) is 7.25. The van der Waals surface area contributed by atoms with E-state index >= 15 is 0 Å². The van der Waals surface area contributed by atoms with E-state index in [1.807, 2.05) is 59.7 Å². The summed E-state index contributed by atoms with van der Waals surface area (Å²) < 4.78 is -0.514. The second-order valence-electron chi connectivity index (χ2n) is 9.69. The number of thioether (sulfide) groups is 1. The summed E-state index contributed by atoms with van der Waals surface area (Å²) >= 11 is 1.60. The summed E-state index contributed by atoms with van der Waals surface area (Å²) in [6.07, 6.45) is 0.816. The van der Waals surface area contributed by atoms with Gasteiger partial charge >= 0.3 is 0 Å². The van der Waals surface area contributed by atoms with E-state index in [0.717, 1.165) is 12.0 Å².